The second kappa shape index (κ2) is 12.3. The van der Waals surface area contributed by atoms with Gasteiger partial charge in [0, 0.05) is 69.9 Å². The van der Waals surface area contributed by atoms with Gasteiger partial charge in [-0.05, 0) is 48.4 Å². The zero-order chi connectivity index (χ0) is 29.1. The van der Waals surface area contributed by atoms with E-state index >= 15 is 8.78 Å². The van der Waals surface area contributed by atoms with E-state index in [1.165, 1.54) is 29.6 Å². The van der Waals surface area contributed by atoms with Crippen LogP contribution in [0.1, 0.15) is 72.2 Å². The van der Waals surface area contributed by atoms with E-state index in [1.807, 2.05) is 17.0 Å². The van der Waals surface area contributed by atoms with Crippen LogP contribution in [0, 0.1) is 11.6 Å². The van der Waals surface area contributed by atoms with E-state index in [2.05, 4.69) is 38.7 Å². The van der Waals surface area contributed by atoms with Gasteiger partial charge in [-0.1, -0.05) is 19.9 Å². The number of aliphatic hydroxyl groups excluding tert-OH is 1. The molecule has 3 aromatic heterocycles. The largest absolute Gasteiger partial charge is 0.396 e. The topological polar surface area (TPSA) is 100 Å². The number of hydrogen-bond donors (Lipinski definition) is 1. The number of amides is 1. The van der Waals surface area contributed by atoms with Crippen molar-refractivity contribution in [3.05, 3.63) is 77.1 Å². The highest BCUT2D eigenvalue weighted by Gasteiger charge is 2.26. The van der Waals surface area contributed by atoms with Crippen molar-refractivity contribution in [1.29, 1.82) is 0 Å². The van der Waals surface area contributed by atoms with Gasteiger partial charge in [0.25, 0.3) is 5.91 Å². The van der Waals surface area contributed by atoms with Crippen LogP contribution in [0.4, 0.5) is 14.7 Å². The molecule has 0 radical (unpaired) electrons. The fourth-order valence-electron chi connectivity index (χ4n) is 5.28. The highest BCUT2D eigenvalue weighted by Crippen LogP contribution is 2.31. The number of benzene rings is 1. The molecule has 9 nitrogen and oxygen atoms in total. The fraction of sp³-hybridized carbons (Fsp3) is 0.433. The van der Waals surface area contributed by atoms with Gasteiger partial charge in [-0.2, -0.15) is 0 Å². The van der Waals surface area contributed by atoms with Gasteiger partial charge in [0.15, 0.2) is 5.82 Å². The van der Waals surface area contributed by atoms with Gasteiger partial charge in [0.05, 0.1) is 11.1 Å². The Bertz CT molecular complexity index is 1520. The lowest BCUT2D eigenvalue weighted by Gasteiger charge is -2.32. The van der Waals surface area contributed by atoms with E-state index in [9.17, 15) is 4.79 Å². The van der Waals surface area contributed by atoms with E-state index in [4.69, 9.17) is 5.11 Å². The van der Waals surface area contributed by atoms with Crippen LogP contribution in [-0.4, -0.2) is 73.7 Å². The van der Waals surface area contributed by atoms with Crippen LogP contribution < -0.4 is 4.90 Å². The van der Waals surface area contributed by atoms with Gasteiger partial charge in [-0.25, -0.2) is 28.7 Å². The quantitative estimate of drug-likeness (QED) is 0.320. The normalized spacial score (nSPS) is 14.3. The molecule has 5 rings (SSSR count). The highest BCUT2D eigenvalue weighted by atomic mass is 19.1. The minimum absolute atomic E-state index is 0.0301. The van der Waals surface area contributed by atoms with Crippen LogP contribution >= 0.6 is 0 Å². The Balaban J connectivity index is 1.31. The monoisotopic (exact) mass is 563 g/mol. The molecule has 1 saturated heterocycles. The molecular weight excluding hydrogens is 528 g/mol. The summed E-state index contributed by atoms with van der Waals surface area (Å²) in [6, 6.07) is 4.34. The standard InChI is InChI=1S/C30H35F2N7O2/c1-19(2)22-15-33-30(34-16-22)38-10-7-23(8-11-38)39-17-25(32)27-26(35-18-36-28(27)39)14-20-5-6-21(13-24(20)31)29(41)37(3)9-4-12-40/h5-6,13,15-19,23,40H,4,7-12,14H2,1-3H3. The molecule has 4 heterocycles. The summed E-state index contributed by atoms with van der Waals surface area (Å²) < 4.78 is 32.3. The molecule has 41 heavy (non-hydrogen) atoms. The summed E-state index contributed by atoms with van der Waals surface area (Å²) in [7, 11) is 1.61. The van der Waals surface area contributed by atoms with Crippen molar-refractivity contribution < 1.29 is 18.7 Å². The fourth-order valence-corrected chi connectivity index (χ4v) is 5.28. The van der Waals surface area contributed by atoms with E-state index in [1.54, 1.807) is 13.1 Å². The average molecular weight is 564 g/mol. The molecule has 0 bridgehead atoms. The van der Waals surface area contributed by atoms with Crippen LogP contribution in [0.25, 0.3) is 11.0 Å². The zero-order valence-electron chi connectivity index (χ0n) is 23.6. The molecule has 1 amide bonds. The van der Waals surface area contributed by atoms with Gasteiger partial charge >= 0.3 is 0 Å². The van der Waals surface area contributed by atoms with Gasteiger partial charge in [-0.15, -0.1) is 0 Å². The van der Waals surface area contributed by atoms with Gasteiger partial charge in [-0.3, -0.25) is 4.79 Å². The summed E-state index contributed by atoms with van der Waals surface area (Å²) in [5.74, 6) is -0.264. The van der Waals surface area contributed by atoms with Crippen molar-refractivity contribution in [2.75, 3.05) is 38.2 Å². The molecule has 1 fully saturated rings. The second-order valence-electron chi connectivity index (χ2n) is 10.9. The Morgan fingerprint density at radius 3 is 2.49 bits per heavy atom. The Kier molecular flexibility index (Phi) is 8.53. The SMILES string of the molecule is CC(C)c1cnc(N2CCC(n3cc(F)c4c(Cc5ccc(C(=O)N(C)CCCO)cc5F)ncnc43)CC2)nc1. The number of hydrogen-bond acceptors (Lipinski definition) is 7. The minimum Gasteiger partial charge on any atom is -0.396 e. The van der Waals surface area contributed by atoms with E-state index in [0.29, 0.717) is 41.7 Å². The molecule has 1 aliphatic heterocycles. The first-order valence-corrected chi connectivity index (χ1v) is 14.0. The number of halogens is 2. The third kappa shape index (κ3) is 6.04. The van der Waals surface area contributed by atoms with Crippen LogP contribution in [-0.2, 0) is 6.42 Å². The lowest BCUT2D eigenvalue weighted by atomic mass is 10.0. The van der Waals surface area contributed by atoms with Crippen molar-refractivity contribution in [3.8, 4) is 0 Å². The number of carbonyl (C=O) groups excluding carboxylic acids is 1. The lowest BCUT2D eigenvalue weighted by Crippen LogP contribution is -2.35. The van der Waals surface area contributed by atoms with Gasteiger partial charge in [0.1, 0.15) is 17.8 Å². The minimum atomic E-state index is -0.561. The summed E-state index contributed by atoms with van der Waals surface area (Å²) >= 11 is 0. The first-order chi connectivity index (χ1) is 19.8. The molecule has 0 saturated carbocycles. The molecule has 4 aromatic rings. The number of anilines is 1. The summed E-state index contributed by atoms with van der Waals surface area (Å²) in [6.45, 7) is 6.02. The van der Waals surface area contributed by atoms with Crippen LogP contribution in [0.15, 0.2) is 43.1 Å². The molecule has 0 atom stereocenters. The highest BCUT2D eigenvalue weighted by molar-refractivity contribution is 5.94. The first kappa shape index (κ1) is 28.5. The third-order valence-corrected chi connectivity index (χ3v) is 7.76. The van der Waals surface area contributed by atoms with Crippen molar-refractivity contribution in [3.63, 3.8) is 0 Å². The van der Waals surface area contributed by atoms with Crippen molar-refractivity contribution >= 4 is 22.9 Å². The predicted molar refractivity (Wildman–Crippen MR) is 152 cm³/mol. The van der Waals surface area contributed by atoms with Crippen molar-refractivity contribution in [2.24, 2.45) is 0 Å². The van der Waals surface area contributed by atoms with Crippen LogP contribution in [0.2, 0.25) is 0 Å². The molecule has 0 spiro atoms. The molecule has 0 unspecified atom stereocenters. The molecular formula is C30H35F2N7O2. The Morgan fingerprint density at radius 1 is 1.10 bits per heavy atom. The second-order valence-corrected chi connectivity index (χ2v) is 10.9. The molecule has 1 aromatic carbocycles. The van der Waals surface area contributed by atoms with Crippen LogP contribution in [0.5, 0.6) is 0 Å². The summed E-state index contributed by atoms with van der Waals surface area (Å²) in [6.07, 6.45) is 8.65. The Labute approximate surface area is 237 Å². The van der Waals surface area contributed by atoms with E-state index in [0.717, 1.165) is 31.5 Å². The van der Waals surface area contributed by atoms with Gasteiger partial charge in [0.2, 0.25) is 5.95 Å². The van der Waals surface area contributed by atoms with Crippen molar-refractivity contribution in [2.45, 2.75) is 51.5 Å². The van der Waals surface area contributed by atoms with Gasteiger partial charge < -0.3 is 19.5 Å². The smallest absolute Gasteiger partial charge is 0.253 e. The number of aliphatic hydroxyl groups is 1. The molecule has 0 aliphatic carbocycles. The van der Waals surface area contributed by atoms with E-state index in [-0.39, 0.29) is 35.9 Å². The lowest BCUT2D eigenvalue weighted by molar-refractivity contribution is 0.0786. The number of aromatic nitrogens is 5. The maximum absolute atomic E-state index is 15.3. The molecule has 216 valence electrons. The Morgan fingerprint density at radius 2 is 1.83 bits per heavy atom. The maximum atomic E-state index is 15.3. The Hall–Kier alpha value is -3.99. The van der Waals surface area contributed by atoms with E-state index < -0.39 is 11.6 Å². The zero-order valence-corrected chi connectivity index (χ0v) is 23.6. The predicted octanol–water partition coefficient (Wildman–Crippen LogP) is 4.51. The molecule has 1 N–H and O–H groups in total. The first-order valence-electron chi connectivity index (χ1n) is 14.0. The maximum Gasteiger partial charge on any atom is 0.253 e. The van der Waals surface area contributed by atoms with Crippen molar-refractivity contribution in [1.82, 2.24) is 29.4 Å². The summed E-state index contributed by atoms with van der Waals surface area (Å²) in [5.41, 5.74) is 2.49. The third-order valence-electron chi connectivity index (χ3n) is 7.76. The molecule has 11 heteroatoms. The number of nitrogens with zero attached hydrogens (tertiary/aromatic N) is 7. The summed E-state index contributed by atoms with van der Waals surface area (Å²) in [4.78, 5) is 33.9. The van der Waals surface area contributed by atoms with Crippen LogP contribution in [0.3, 0.4) is 0 Å². The number of carbonyl (C=O) groups is 1. The molecule has 1 aliphatic rings. The summed E-state index contributed by atoms with van der Waals surface area (Å²) in [5, 5.41) is 9.27. The number of piperidine rings is 1. The number of fused-ring (bicyclic) bond motifs is 1. The average Bonchev–Trinajstić information content (AvgIpc) is 3.33. The number of rotatable bonds is 9.